The Kier molecular flexibility index (Phi) is 7.09. The smallest absolute Gasteiger partial charge is 0.223 e. The lowest BCUT2D eigenvalue weighted by Crippen LogP contribution is -2.42. The van der Waals surface area contributed by atoms with E-state index in [-0.39, 0.29) is 23.8 Å². The molecular formula is C18H27NO3. The maximum absolute atomic E-state index is 12.2. The molecule has 4 heteroatoms. The van der Waals surface area contributed by atoms with Crippen molar-refractivity contribution in [3.05, 3.63) is 29.8 Å². The quantitative estimate of drug-likeness (QED) is 0.543. The Morgan fingerprint density at radius 2 is 1.59 bits per heavy atom. The minimum absolute atomic E-state index is 0.0413. The highest BCUT2D eigenvalue weighted by atomic mass is 16.5. The topological polar surface area (TPSA) is 46.6 Å². The molecule has 0 radical (unpaired) electrons. The van der Waals surface area contributed by atoms with Crippen molar-refractivity contribution in [2.24, 2.45) is 0 Å². The van der Waals surface area contributed by atoms with Crippen molar-refractivity contribution >= 4 is 11.7 Å². The highest BCUT2D eigenvalue weighted by molar-refractivity contribution is 5.94. The van der Waals surface area contributed by atoms with Crippen LogP contribution in [0.5, 0.6) is 5.75 Å². The number of hydrogen-bond donors (Lipinski definition) is 0. The van der Waals surface area contributed by atoms with Gasteiger partial charge in [0.05, 0.1) is 6.61 Å². The van der Waals surface area contributed by atoms with Crippen LogP contribution < -0.4 is 4.74 Å². The molecule has 1 amide bonds. The molecule has 0 aliphatic carbocycles. The van der Waals surface area contributed by atoms with E-state index >= 15 is 0 Å². The molecule has 0 aliphatic rings. The Morgan fingerprint density at radius 1 is 1.05 bits per heavy atom. The van der Waals surface area contributed by atoms with Gasteiger partial charge in [0.15, 0.2) is 5.78 Å². The van der Waals surface area contributed by atoms with E-state index in [0.29, 0.717) is 25.0 Å². The molecule has 1 rings (SSSR count). The van der Waals surface area contributed by atoms with Gasteiger partial charge in [-0.25, -0.2) is 0 Å². The van der Waals surface area contributed by atoms with Crippen LogP contribution in [0.2, 0.25) is 0 Å². The van der Waals surface area contributed by atoms with Gasteiger partial charge in [-0.3, -0.25) is 9.59 Å². The van der Waals surface area contributed by atoms with Crippen molar-refractivity contribution in [2.75, 3.05) is 6.61 Å². The molecule has 0 heterocycles. The van der Waals surface area contributed by atoms with Crippen LogP contribution in [0.3, 0.4) is 0 Å². The van der Waals surface area contributed by atoms with Crippen LogP contribution in [0.15, 0.2) is 24.3 Å². The first-order chi connectivity index (χ1) is 10.3. The maximum atomic E-state index is 12.2. The van der Waals surface area contributed by atoms with Gasteiger partial charge in [-0.15, -0.1) is 0 Å². The maximum Gasteiger partial charge on any atom is 0.223 e. The predicted octanol–water partition coefficient (Wildman–Crippen LogP) is 3.69. The summed E-state index contributed by atoms with van der Waals surface area (Å²) < 4.78 is 5.61. The zero-order valence-corrected chi connectivity index (χ0v) is 14.3. The molecule has 122 valence electrons. The van der Waals surface area contributed by atoms with Gasteiger partial charge in [0.25, 0.3) is 0 Å². The van der Waals surface area contributed by atoms with Crippen molar-refractivity contribution in [2.45, 2.75) is 59.5 Å². The standard InChI is InChI=1S/C18H27NO3/c1-13(2)19(14(3)4)18(21)7-6-12-22-17-10-8-16(9-11-17)15(5)20/h8-11,13-14H,6-7,12H2,1-5H3. The second-order valence-electron chi connectivity index (χ2n) is 6.02. The van der Waals surface area contributed by atoms with E-state index < -0.39 is 0 Å². The first kappa shape index (κ1) is 18.2. The van der Waals surface area contributed by atoms with E-state index in [2.05, 4.69) is 0 Å². The molecule has 0 fully saturated rings. The Morgan fingerprint density at radius 3 is 2.05 bits per heavy atom. The SMILES string of the molecule is CC(=O)c1ccc(OCCCC(=O)N(C(C)C)C(C)C)cc1. The lowest BCUT2D eigenvalue weighted by Gasteiger charge is -2.30. The number of rotatable bonds is 8. The Hall–Kier alpha value is -1.84. The molecule has 0 bridgehead atoms. The molecule has 0 saturated heterocycles. The Labute approximate surface area is 133 Å². The van der Waals surface area contributed by atoms with Crippen molar-refractivity contribution in [1.29, 1.82) is 0 Å². The zero-order valence-electron chi connectivity index (χ0n) is 14.3. The molecule has 0 spiro atoms. The fourth-order valence-corrected chi connectivity index (χ4v) is 2.50. The van der Waals surface area contributed by atoms with Crippen molar-refractivity contribution < 1.29 is 14.3 Å². The van der Waals surface area contributed by atoms with Gasteiger partial charge in [0, 0.05) is 24.1 Å². The van der Waals surface area contributed by atoms with Crippen molar-refractivity contribution in [3.63, 3.8) is 0 Å². The van der Waals surface area contributed by atoms with Gasteiger partial charge in [-0.05, 0) is 65.3 Å². The second-order valence-corrected chi connectivity index (χ2v) is 6.02. The first-order valence-corrected chi connectivity index (χ1v) is 7.88. The third-order valence-corrected chi connectivity index (χ3v) is 3.47. The molecule has 0 aromatic heterocycles. The molecule has 1 aromatic carbocycles. The van der Waals surface area contributed by atoms with Crippen LogP contribution >= 0.6 is 0 Å². The van der Waals surface area contributed by atoms with Crippen LogP contribution in [0.1, 0.15) is 57.8 Å². The van der Waals surface area contributed by atoms with Crippen LogP contribution in [0.4, 0.5) is 0 Å². The minimum atomic E-state index is 0.0413. The molecule has 0 aliphatic heterocycles. The predicted molar refractivity (Wildman–Crippen MR) is 88.3 cm³/mol. The van der Waals surface area contributed by atoms with E-state index in [1.807, 2.05) is 32.6 Å². The zero-order chi connectivity index (χ0) is 16.7. The molecule has 1 aromatic rings. The molecular weight excluding hydrogens is 278 g/mol. The third kappa shape index (κ3) is 5.51. The average Bonchev–Trinajstić information content (AvgIpc) is 2.43. The van der Waals surface area contributed by atoms with Crippen LogP contribution in [-0.2, 0) is 4.79 Å². The summed E-state index contributed by atoms with van der Waals surface area (Å²) in [4.78, 5) is 25.3. The molecule has 0 atom stereocenters. The molecule has 22 heavy (non-hydrogen) atoms. The van der Waals surface area contributed by atoms with E-state index in [9.17, 15) is 9.59 Å². The van der Waals surface area contributed by atoms with Gasteiger partial charge in [-0.2, -0.15) is 0 Å². The summed E-state index contributed by atoms with van der Waals surface area (Å²) in [6, 6.07) is 7.50. The van der Waals surface area contributed by atoms with E-state index in [1.54, 1.807) is 24.3 Å². The first-order valence-electron chi connectivity index (χ1n) is 7.88. The van der Waals surface area contributed by atoms with Crippen LogP contribution in [-0.4, -0.2) is 35.3 Å². The number of carbonyl (C=O) groups excluding carboxylic acids is 2. The third-order valence-electron chi connectivity index (χ3n) is 3.47. The van der Waals surface area contributed by atoms with Gasteiger partial charge in [0.2, 0.25) is 5.91 Å². The highest BCUT2D eigenvalue weighted by Crippen LogP contribution is 2.14. The van der Waals surface area contributed by atoms with Crippen LogP contribution in [0, 0.1) is 0 Å². The lowest BCUT2D eigenvalue weighted by atomic mass is 10.1. The van der Waals surface area contributed by atoms with E-state index in [4.69, 9.17) is 4.74 Å². The molecule has 0 N–H and O–H groups in total. The second kappa shape index (κ2) is 8.57. The largest absolute Gasteiger partial charge is 0.494 e. The normalized spacial score (nSPS) is 10.9. The lowest BCUT2D eigenvalue weighted by molar-refractivity contribution is -0.135. The fraction of sp³-hybridized carbons (Fsp3) is 0.556. The summed E-state index contributed by atoms with van der Waals surface area (Å²) in [5.41, 5.74) is 0.673. The van der Waals surface area contributed by atoms with Gasteiger partial charge in [-0.1, -0.05) is 0 Å². The van der Waals surface area contributed by atoms with Crippen molar-refractivity contribution in [1.82, 2.24) is 4.90 Å². The summed E-state index contributed by atoms with van der Waals surface area (Å²) in [5, 5.41) is 0. The monoisotopic (exact) mass is 305 g/mol. The van der Waals surface area contributed by atoms with E-state index in [1.165, 1.54) is 6.92 Å². The number of amides is 1. The number of carbonyl (C=O) groups is 2. The average molecular weight is 305 g/mol. The van der Waals surface area contributed by atoms with Gasteiger partial charge < -0.3 is 9.64 Å². The minimum Gasteiger partial charge on any atom is -0.494 e. The Bertz CT molecular complexity index is 484. The number of ether oxygens (including phenoxy) is 1. The number of Topliss-reactive ketones (excluding diaryl/α,β-unsaturated/α-hetero) is 1. The number of nitrogens with zero attached hydrogens (tertiary/aromatic N) is 1. The summed E-state index contributed by atoms with van der Waals surface area (Å²) in [6.07, 6.45) is 1.17. The molecule has 4 nitrogen and oxygen atoms in total. The van der Waals surface area contributed by atoms with E-state index in [0.717, 1.165) is 5.75 Å². The number of hydrogen-bond acceptors (Lipinski definition) is 3. The van der Waals surface area contributed by atoms with Crippen LogP contribution in [0.25, 0.3) is 0 Å². The molecule has 0 unspecified atom stereocenters. The number of benzene rings is 1. The summed E-state index contributed by atoms with van der Waals surface area (Å²) in [7, 11) is 0. The van der Waals surface area contributed by atoms with Gasteiger partial charge >= 0.3 is 0 Å². The van der Waals surface area contributed by atoms with Gasteiger partial charge in [0.1, 0.15) is 5.75 Å². The summed E-state index contributed by atoms with van der Waals surface area (Å²) >= 11 is 0. The number of ketones is 1. The Balaban J connectivity index is 2.38. The fourth-order valence-electron chi connectivity index (χ4n) is 2.50. The highest BCUT2D eigenvalue weighted by Gasteiger charge is 2.19. The summed E-state index contributed by atoms with van der Waals surface area (Å²) in [6.45, 7) is 10.2. The summed E-state index contributed by atoms with van der Waals surface area (Å²) in [5.74, 6) is 0.933. The molecule has 0 saturated carbocycles. The van der Waals surface area contributed by atoms with Crippen molar-refractivity contribution in [3.8, 4) is 5.75 Å².